The number of hydrogen-bond acceptors (Lipinski definition) is 4. The number of allylic oxidation sites excluding steroid dienone is 1. The lowest BCUT2D eigenvalue weighted by Gasteiger charge is -2.49. The molecule has 1 aliphatic heterocycles. The number of rotatable bonds is 2. The number of carbonyl (C=O) groups excluding carboxylic acids is 1. The zero-order valence-corrected chi connectivity index (χ0v) is 11.5. The van der Waals surface area contributed by atoms with Gasteiger partial charge in [-0.15, -0.1) is 0 Å². The van der Waals surface area contributed by atoms with E-state index in [9.17, 15) is 4.79 Å². The number of azo groups is 1. The molecule has 0 aromatic rings. The van der Waals surface area contributed by atoms with E-state index in [4.69, 9.17) is 5.84 Å². The summed E-state index contributed by atoms with van der Waals surface area (Å²) >= 11 is 0. The first-order chi connectivity index (χ1) is 9.65. The Morgan fingerprint density at radius 3 is 3.05 bits per heavy atom. The lowest BCUT2D eigenvalue weighted by atomic mass is 9.55. The van der Waals surface area contributed by atoms with E-state index in [0.29, 0.717) is 5.41 Å². The highest BCUT2D eigenvalue weighted by atomic mass is 16.2. The summed E-state index contributed by atoms with van der Waals surface area (Å²) in [5.41, 5.74) is 4.14. The summed E-state index contributed by atoms with van der Waals surface area (Å²) in [5, 5.41) is 8.52. The quantitative estimate of drug-likeness (QED) is 0.457. The molecule has 6 unspecified atom stereocenters. The third kappa shape index (κ3) is 1.13. The highest BCUT2D eigenvalue weighted by Gasteiger charge is 2.71. The molecule has 0 aromatic heterocycles. The number of hydrogen-bond donors (Lipinski definition) is 2. The molecule has 1 spiro atoms. The molecule has 1 amide bonds. The topological polar surface area (TPSA) is 79.8 Å². The van der Waals surface area contributed by atoms with Gasteiger partial charge in [-0.25, -0.2) is 5.84 Å². The van der Waals surface area contributed by atoms with Crippen LogP contribution in [0.4, 0.5) is 0 Å². The maximum atomic E-state index is 11.6. The summed E-state index contributed by atoms with van der Waals surface area (Å²) in [7, 11) is 0. The molecule has 0 saturated heterocycles. The highest BCUT2D eigenvalue weighted by molar-refractivity contribution is 5.83. The van der Waals surface area contributed by atoms with Crippen molar-refractivity contribution < 1.29 is 4.79 Å². The third-order valence-electron chi connectivity index (χ3n) is 7.03. The monoisotopic (exact) mass is 272 g/mol. The van der Waals surface area contributed by atoms with Crippen LogP contribution < -0.4 is 11.3 Å². The van der Waals surface area contributed by atoms with Gasteiger partial charge in [-0.3, -0.25) is 10.2 Å². The third-order valence-corrected chi connectivity index (χ3v) is 7.03. The lowest BCUT2D eigenvalue weighted by Crippen LogP contribution is -2.41. The van der Waals surface area contributed by atoms with Gasteiger partial charge in [0.05, 0.1) is 5.70 Å². The zero-order chi connectivity index (χ0) is 13.5. The molecule has 0 aromatic carbocycles. The molecule has 20 heavy (non-hydrogen) atoms. The van der Waals surface area contributed by atoms with E-state index in [1.807, 2.05) is 6.08 Å². The minimum Gasteiger partial charge on any atom is -0.292 e. The van der Waals surface area contributed by atoms with Gasteiger partial charge in [-0.05, 0) is 67.8 Å². The SMILES string of the molecule is NNC(=O)C1C=C(C23CC4CC5CC(C2)C5(C4)C3)N=N1. The van der Waals surface area contributed by atoms with Crippen molar-refractivity contribution in [1.29, 1.82) is 0 Å². The minimum atomic E-state index is -0.504. The Kier molecular flexibility index (Phi) is 1.90. The van der Waals surface area contributed by atoms with Crippen molar-refractivity contribution in [3.63, 3.8) is 0 Å². The molecule has 3 bridgehead atoms. The maximum absolute atomic E-state index is 11.6. The first kappa shape index (κ1) is 11.4. The Bertz CT molecular complexity index is 566. The summed E-state index contributed by atoms with van der Waals surface area (Å²) < 4.78 is 0. The van der Waals surface area contributed by atoms with Crippen LogP contribution >= 0.6 is 0 Å². The number of amides is 1. The molecular weight excluding hydrogens is 252 g/mol. The number of nitrogens with two attached hydrogens (primary N) is 1. The van der Waals surface area contributed by atoms with Gasteiger partial charge in [0.15, 0.2) is 6.04 Å². The van der Waals surface area contributed by atoms with Crippen LogP contribution in [0.5, 0.6) is 0 Å². The van der Waals surface area contributed by atoms with Crippen molar-refractivity contribution in [3.05, 3.63) is 11.8 Å². The number of nitrogens with one attached hydrogen (secondary N) is 1. The fourth-order valence-corrected chi connectivity index (χ4v) is 6.49. The van der Waals surface area contributed by atoms with Crippen molar-refractivity contribution in [2.24, 2.45) is 44.7 Å². The Labute approximate surface area is 118 Å². The second kappa shape index (κ2) is 3.32. The van der Waals surface area contributed by atoms with E-state index in [1.54, 1.807) is 0 Å². The molecule has 5 heteroatoms. The molecule has 0 radical (unpaired) electrons. The van der Waals surface area contributed by atoms with Gasteiger partial charge in [-0.1, -0.05) is 0 Å². The first-order valence-electron chi connectivity index (χ1n) is 7.79. The highest BCUT2D eigenvalue weighted by Crippen LogP contribution is 2.80. The van der Waals surface area contributed by atoms with E-state index >= 15 is 0 Å². The van der Waals surface area contributed by atoms with Crippen LogP contribution in [0.2, 0.25) is 0 Å². The van der Waals surface area contributed by atoms with Gasteiger partial charge in [0.1, 0.15) is 0 Å². The molecule has 4 fully saturated rings. The van der Waals surface area contributed by atoms with Gasteiger partial charge < -0.3 is 0 Å². The predicted molar refractivity (Wildman–Crippen MR) is 72.1 cm³/mol. The van der Waals surface area contributed by atoms with Crippen molar-refractivity contribution in [1.82, 2.24) is 5.43 Å². The molecule has 3 N–H and O–H groups in total. The van der Waals surface area contributed by atoms with Crippen molar-refractivity contribution in [2.75, 3.05) is 0 Å². The van der Waals surface area contributed by atoms with Crippen LogP contribution in [-0.4, -0.2) is 11.9 Å². The predicted octanol–water partition coefficient (Wildman–Crippen LogP) is 1.91. The van der Waals surface area contributed by atoms with Crippen LogP contribution in [0.3, 0.4) is 0 Å². The van der Waals surface area contributed by atoms with E-state index in [2.05, 4.69) is 15.7 Å². The van der Waals surface area contributed by atoms with Crippen LogP contribution in [0.1, 0.15) is 38.5 Å². The van der Waals surface area contributed by atoms with Crippen molar-refractivity contribution in [2.45, 2.75) is 44.6 Å². The van der Waals surface area contributed by atoms with E-state index in [1.165, 1.54) is 38.5 Å². The zero-order valence-electron chi connectivity index (χ0n) is 11.5. The molecule has 106 valence electrons. The number of carbonyl (C=O) groups is 1. The Balaban J connectivity index is 1.51. The van der Waals surface area contributed by atoms with Gasteiger partial charge in [0.25, 0.3) is 5.91 Å². The summed E-state index contributed by atoms with van der Waals surface area (Å²) in [6, 6.07) is -0.504. The lowest BCUT2D eigenvalue weighted by molar-refractivity contribution is -0.121. The summed E-state index contributed by atoms with van der Waals surface area (Å²) in [4.78, 5) is 11.6. The molecule has 5 rings (SSSR count). The average molecular weight is 272 g/mol. The minimum absolute atomic E-state index is 0.228. The Morgan fingerprint density at radius 1 is 1.30 bits per heavy atom. The normalized spacial score (nSPS) is 53.8. The van der Waals surface area contributed by atoms with E-state index < -0.39 is 6.04 Å². The molecule has 5 nitrogen and oxygen atoms in total. The summed E-state index contributed by atoms with van der Waals surface area (Å²) in [6.07, 6.45) is 10.1. The molecule has 4 aliphatic carbocycles. The molecule has 1 heterocycles. The second-order valence-electron chi connectivity index (χ2n) is 7.75. The van der Waals surface area contributed by atoms with Crippen molar-refractivity contribution >= 4 is 5.91 Å². The van der Waals surface area contributed by atoms with Crippen LogP contribution in [0, 0.1) is 28.6 Å². The van der Waals surface area contributed by atoms with Gasteiger partial charge in [-0.2, -0.15) is 10.2 Å². The van der Waals surface area contributed by atoms with E-state index in [-0.39, 0.29) is 11.3 Å². The van der Waals surface area contributed by atoms with Crippen LogP contribution in [0.25, 0.3) is 0 Å². The molecule has 5 aliphatic rings. The summed E-state index contributed by atoms with van der Waals surface area (Å²) in [5.74, 6) is 7.74. The fourth-order valence-electron chi connectivity index (χ4n) is 6.49. The number of hydrazine groups is 1. The van der Waals surface area contributed by atoms with Crippen LogP contribution in [-0.2, 0) is 4.79 Å². The first-order valence-corrected chi connectivity index (χ1v) is 7.79. The average Bonchev–Trinajstić information content (AvgIpc) is 3.05. The van der Waals surface area contributed by atoms with Gasteiger partial charge >= 0.3 is 0 Å². The largest absolute Gasteiger partial charge is 0.292 e. The van der Waals surface area contributed by atoms with Crippen molar-refractivity contribution in [3.8, 4) is 0 Å². The second-order valence-corrected chi connectivity index (χ2v) is 7.75. The van der Waals surface area contributed by atoms with E-state index in [0.717, 1.165) is 23.5 Å². The summed E-state index contributed by atoms with van der Waals surface area (Å²) in [6.45, 7) is 0. The number of fused-ring (bicyclic) bond motifs is 2. The fraction of sp³-hybridized carbons (Fsp3) is 0.800. The standard InChI is InChI=1S/C15H20N4O/c16-17-13(20)11-3-12(19-18-11)14-4-8-1-9-2-10(6-14)15(9,5-8)7-14/h3,8-11H,1-2,4-7,16H2,(H,17,20). The van der Waals surface area contributed by atoms with Crippen LogP contribution in [0.15, 0.2) is 22.0 Å². The van der Waals surface area contributed by atoms with Gasteiger partial charge in [0.2, 0.25) is 0 Å². The Hall–Kier alpha value is -1.23. The number of nitrogens with zero attached hydrogens (tertiary/aromatic N) is 2. The maximum Gasteiger partial charge on any atom is 0.264 e. The molecule has 6 atom stereocenters. The van der Waals surface area contributed by atoms with Gasteiger partial charge in [0, 0.05) is 5.41 Å². The smallest absolute Gasteiger partial charge is 0.264 e. The Morgan fingerprint density at radius 2 is 2.20 bits per heavy atom. The molecular formula is C15H20N4O. The molecule has 4 saturated carbocycles.